The van der Waals surface area contributed by atoms with Crippen LogP contribution in [0.2, 0.25) is 0 Å². The van der Waals surface area contributed by atoms with E-state index < -0.39 is 0 Å². The van der Waals surface area contributed by atoms with Crippen molar-refractivity contribution in [3.05, 3.63) is 62.0 Å². The molecule has 0 fully saturated rings. The fourth-order valence-corrected chi connectivity index (χ4v) is 2.89. The number of aryl methyl sites for hydroxylation is 1. The van der Waals surface area contributed by atoms with Gasteiger partial charge in [-0.25, -0.2) is 4.79 Å². The first kappa shape index (κ1) is 16.0. The van der Waals surface area contributed by atoms with Crippen LogP contribution < -0.4 is 4.74 Å². The van der Waals surface area contributed by atoms with Crippen molar-refractivity contribution in [3.8, 4) is 5.75 Å². The molecule has 0 aliphatic heterocycles. The molecule has 21 heavy (non-hydrogen) atoms. The van der Waals surface area contributed by atoms with Crippen LogP contribution in [0.4, 0.5) is 0 Å². The molecule has 5 heteroatoms. The first-order valence-electron chi connectivity index (χ1n) is 6.27. The number of benzene rings is 2. The van der Waals surface area contributed by atoms with Gasteiger partial charge in [0.25, 0.3) is 0 Å². The second kappa shape index (κ2) is 7.09. The number of esters is 1. The monoisotopic (exact) mass is 412 g/mol. The topological polar surface area (TPSA) is 35.5 Å². The summed E-state index contributed by atoms with van der Waals surface area (Å²) in [4.78, 5) is 11.5. The second-order valence-corrected chi connectivity index (χ2v) is 6.23. The highest BCUT2D eigenvalue weighted by molar-refractivity contribution is 9.10. The fourth-order valence-electron chi connectivity index (χ4n) is 1.79. The summed E-state index contributed by atoms with van der Waals surface area (Å²) in [5.74, 6) is 0.425. The van der Waals surface area contributed by atoms with Gasteiger partial charge in [-0.2, -0.15) is 0 Å². The van der Waals surface area contributed by atoms with E-state index >= 15 is 0 Å². The molecule has 0 saturated heterocycles. The molecule has 0 heterocycles. The van der Waals surface area contributed by atoms with Gasteiger partial charge in [0.15, 0.2) is 0 Å². The summed E-state index contributed by atoms with van der Waals surface area (Å²) in [5, 5.41) is 0. The van der Waals surface area contributed by atoms with Crippen LogP contribution in [0.1, 0.15) is 21.5 Å². The molecule has 0 unspecified atom stereocenters. The lowest BCUT2D eigenvalue weighted by molar-refractivity contribution is 0.0600. The van der Waals surface area contributed by atoms with Gasteiger partial charge in [-0.1, -0.05) is 28.1 Å². The maximum atomic E-state index is 11.5. The molecule has 110 valence electrons. The van der Waals surface area contributed by atoms with Crippen LogP contribution in [0.5, 0.6) is 5.75 Å². The number of hydrogen-bond acceptors (Lipinski definition) is 3. The van der Waals surface area contributed by atoms with Crippen LogP contribution in [0.3, 0.4) is 0 Å². The Bertz CT molecular complexity index is 669. The molecule has 0 atom stereocenters. The third kappa shape index (κ3) is 4.08. The van der Waals surface area contributed by atoms with E-state index in [9.17, 15) is 4.79 Å². The van der Waals surface area contributed by atoms with Crippen molar-refractivity contribution in [1.29, 1.82) is 0 Å². The van der Waals surface area contributed by atoms with Crippen LogP contribution >= 0.6 is 31.9 Å². The molecule has 0 aromatic heterocycles. The largest absolute Gasteiger partial charge is 0.488 e. The third-order valence-electron chi connectivity index (χ3n) is 2.94. The Hall–Kier alpha value is -1.33. The van der Waals surface area contributed by atoms with E-state index in [0.717, 1.165) is 25.8 Å². The predicted molar refractivity (Wildman–Crippen MR) is 88.7 cm³/mol. The van der Waals surface area contributed by atoms with Crippen molar-refractivity contribution in [2.75, 3.05) is 7.11 Å². The molecule has 0 bridgehead atoms. The molecule has 0 spiro atoms. The summed E-state index contributed by atoms with van der Waals surface area (Å²) in [6, 6.07) is 11.2. The molecule has 0 radical (unpaired) electrons. The Morgan fingerprint density at radius 1 is 1.10 bits per heavy atom. The van der Waals surface area contributed by atoms with Crippen molar-refractivity contribution in [3.63, 3.8) is 0 Å². The highest BCUT2D eigenvalue weighted by Crippen LogP contribution is 2.28. The van der Waals surface area contributed by atoms with Crippen LogP contribution in [-0.2, 0) is 11.3 Å². The van der Waals surface area contributed by atoms with E-state index in [2.05, 4.69) is 31.9 Å². The standard InChI is InChI=1S/C16H14Br2O3/c1-10-3-6-15(14(18)7-10)21-9-12-5-4-11(8-13(12)17)16(19)20-2/h3-8H,9H2,1-2H3. The highest BCUT2D eigenvalue weighted by atomic mass is 79.9. The maximum Gasteiger partial charge on any atom is 0.337 e. The molecule has 0 saturated carbocycles. The maximum absolute atomic E-state index is 11.5. The summed E-state index contributed by atoms with van der Waals surface area (Å²) < 4.78 is 12.2. The number of rotatable bonds is 4. The van der Waals surface area contributed by atoms with E-state index in [1.165, 1.54) is 7.11 Å². The average molecular weight is 414 g/mol. The van der Waals surface area contributed by atoms with Gasteiger partial charge in [0, 0.05) is 10.0 Å². The zero-order valence-corrected chi connectivity index (χ0v) is 14.8. The molecule has 0 amide bonds. The van der Waals surface area contributed by atoms with Crippen molar-refractivity contribution in [2.24, 2.45) is 0 Å². The molecule has 0 aliphatic carbocycles. The van der Waals surface area contributed by atoms with Crippen LogP contribution in [-0.4, -0.2) is 13.1 Å². The highest BCUT2D eigenvalue weighted by Gasteiger charge is 2.09. The molecule has 0 aliphatic rings. The normalized spacial score (nSPS) is 10.3. The lowest BCUT2D eigenvalue weighted by atomic mass is 10.1. The second-order valence-electron chi connectivity index (χ2n) is 4.52. The predicted octanol–water partition coefficient (Wildman–Crippen LogP) is 4.89. The Kier molecular flexibility index (Phi) is 5.42. The molecule has 3 nitrogen and oxygen atoms in total. The molecule has 2 rings (SSSR count). The Balaban J connectivity index is 2.11. The van der Waals surface area contributed by atoms with Gasteiger partial charge >= 0.3 is 5.97 Å². The minimum Gasteiger partial charge on any atom is -0.488 e. The first-order chi connectivity index (χ1) is 10.0. The Morgan fingerprint density at radius 2 is 1.86 bits per heavy atom. The van der Waals surface area contributed by atoms with E-state index in [0.29, 0.717) is 12.2 Å². The van der Waals surface area contributed by atoms with Gasteiger partial charge in [-0.15, -0.1) is 0 Å². The quantitative estimate of drug-likeness (QED) is 0.669. The Labute approximate surface area is 140 Å². The van der Waals surface area contributed by atoms with E-state index in [1.54, 1.807) is 12.1 Å². The summed E-state index contributed by atoms with van der Waals surface area (Å²) in [6.45, 7) is 2.43. The van der Waals surface area contributed by atoms with Crippen LogP contribution in [0.25, 0.3) is 0 Å². The number of carbonyl (C=O) groups is 1. The lowest BCUT2D eigenvalue weighted by Crippen LogP contribution is -2.03. The smallest absolute Gasteiger partial charge is 0.337 e. The first-order valence-corrected chi connectivity index (χ1v) is 7.85. The SMILES string of the molecule is COC(=O)c1ccc(COc2ccc(C)cc2Br)c(Br)c1. The summed E-state index contributed by atoms with van der Waals surface area (Å²) in [5.41, 5.74) is 2.62. The number of halogens is 2. The number of hydrogen-bond donors (Lipinski definition) is 0. The van der Waals surface area contributed by atoms with Crippen molar-refractivity contribution < 1.29 is 14.3 Å². The minimum absolute atomic E-state index is 0.357. The lowest BCUT2D eigenvalue weighted by Gasteiger charge is -2.11. The van der Waals surface area contributed by atoms with Gasteiger partial charge < -0.3 is 9.47 Å². The number of ether oxygens (including phenoxy) is 2. The van der Waals surface area contributed by atoms with Gasteiger partial charge in [0.1, 0.15) is 12.4 Å². The van der Waals surface area contributed by atoms with Crippen molar-refractivity contribution in [1.82, 2.24) is 0 Å². The molecule has 0 N–H and O–H groups in total. The van der Waals surface area contributed by atoms with Crippen LogP contribution in [0, 0.1) is 6.92 Å². The van der Waals surface area contributed by atoms with Gasteiger partial charge in [0.2, 0.25) is 0 Å². The molecule has 2 aromatic rings. The van der Waals surface area contributed by atoms with Crippen molar-refractivity contribution in [2.45, 2.75) is 13.5 Å². The summed E-state index contributed by atoms with van der Waals surface area (Å²) >= 11 is 6.93. The van der Waals surface area contributed by atoms with Gasteiger partial charge in [-0.3, -0.25) is 0 Å². The van der Waals surface area contributed by atoms with Crippen molar-refractivity contribution >= 4 is 37.8 Å². The molecular formula is C16H14Br2O3. The molecule has 2 aromatic carbocycles. The fraction of sp³-hybridized carbons (Fsp3) is 0.188. The van der Waals surface area contributed by atoms with Gasteiger partial charge in [-0.05, 0) is 52.7 Å². The summed E-state index contributed by atoms with van der Waals surface area (Å²) in [7, 11) is 1.36. The number of methoxy groups -OCH3 is 1. The third-order valence-corrected chi connectivity index (χ3v) is 4.30. The minimum atomic E-state index is -0.357. The molecular weight excluding hydrogens is 400 g/mol. The van der Waals surface area contributed by atoms with E-state index in [-0.39, 0.29) is 5.97 Å². The zero-order valence-electron chi connectivity index (χ0n) is 11.7. The van der Waals surface area contributed by atoms with E-state index in [4.69, 9.17) is 9.47 Å². The summed E-state index contributed by atoms with van der Waals surface area (Å²) in [6.07, 6.45) is 0. The van der Waals surface area contributed by atoms with Gasteiger partial charge in [0.05, 0.1) is 17.1 Å². The average Bonchev–Trinajstić information content (AvgIpc) is 2.46. The number of carbonyl (C=O) groups excluding carboxylic acids is 1. The zero-order chi connectivity index (χ0) is 15.4. The van der Waals surface area contributed by atoms with Crippen LogP contribution in [0.15, 0.2) is 45.3 Å². The Morgan fingerprint density at radius 3 is 2.48 bits per heavy atom. The van der Waals surface area contributed by atoms with E-state index in [1.807, 2.05) is 31.2 Å².